The predicted octanol–water partition coefficient (Wildman–Crippen LogP) is 2.52. The molecule has 0 bridgehead atoms. The highest BCUT2D eigenvalue weighted by Gasteiger charge is 2.25. The van der Waals surface area contributed by atoms with Crippen molar-refractivity contribution in [3.05, 3.63) is 22.4 Å². The maximum absolute atomic E-state index is 10.8. The fraction of sp³-hybridized carbons (Fsp3) is 0.615. The van der Waals surface area contributed by atoms with Gasteiger partial charge in [0.2, 0.25) is 0 Å². The van der Waals surface area contributed by atoms with Gasteiger partial charge in [-0.15, -0.1) is 0 Å². The van der Waals surface area contributed by atoms with Crippen LogP contribution in [0.5, 0.6) is 0 Å². The Labute approximate surface area is 106 Å². The molecule has 1 saturated carbocycles. The van der Waals surface area contributed by atoms with Crippen LogP contribution in [0.15, 0.2) is 16.8 Å². The monoisotopic (exact) mass is 253 g/mol. The van der Waals surface area contributed by atoms with Gasteiger partial charge in [-0.1, -0.05) is 0 Å². The molecule has 0 radical (unpaired) electrons. The molecule has 1 heterocycles. The van der Waals surface area contributed by atoms with E-state index >= 15 is 0 Å². The second kappa shape index (κ2) is 6.17. The van der Waals surface area contributed by atoms with E-state index in [1.165, 1.54) is 5.56 Å². The van der Waals surface area contributed by atoms with E-state index in [2.05, 4.69) is 22.1 Å². The lowest BCUT2D eigenvalue weighted by Gasteiger charge is -2.26. The molecule has 0 unspecified atom stereocenters. The lowest BCUT2D eigenvalue weighted by atomic mass is 9.86. The van der Waals surface area contributed by atoms with Crippen molar-refractivity contribution in [1.82, 2.24) is 5.32 Å². The second-order valence-electron chi connectivity index (χ2n) is 4.72. The average molecular weight is 253 g/mol. The van der Waals surface area contributed by atoms with E-state index in [1.54, 1.807) is 11.3 Å². The quantitative estimate of drug-likeness (QED) is 0.847. The number of thiophene rings is 1. The molecule has 1 aliphatic carbocycles. The Morgan fingerprint density at radius 3 is 2.76 bits per heavy atom. The summed E-state index contributed by atoms with van der Waals surface area (Å²) in [7, 11) is 0. The molecule has 0 aromatic carbocycles. The zero-order chi connectivity index (χ0) is 12.1. The van der Waals surface area contributed by atoms with Crippen molar-refractivity contribution >= 4 is 17.3 Å². The molecule has 0 aliphatic heterocycles. The van der Waals surface area contributed by atoms with Crippen molar-refractivity contribution in [3.63, 3.8) is 0 Å². The molecule has 0 saturated heterocycles. The van der Waals surface area contributed by atoms with Gasteiger partial charge in [-0.3, -0.25) is 4.79 Å². The zero-order valence-electron chi connectivity index (χ0n) is 9.89. The maximum atomic E-state index is 10.8. The van der Waals surface area contributed by atoms with Gasteiger partial charge >= 0.3 is 5.97 Å². The number of aliphatic carboxylic acids is 1. The molecule has 1 aromatic heterocycles. The number of rotatable bonds is 5. The first kappa shape index (κ1) is 12.6. The van der Waals surface area contributed by atoms with Crippen LogP contribution in [0.3, 0.4) is 0 Å². The van der Waals surface area contributed by atoms with Crippen molar-refractivity contribution in [2.75, 3.05) is 6.54 Å². The molecule has 4 heteroatoms. The summed E-state index contributed by atoms with van der Waals surface area (Å²) in [5.41, 5.74) is 1.39. The van der Waals surface area contributed by atoms with E-state index < -0.39 is 5.97 Å². The second-order valence-corrected chi connectivity index (χ2v) is 5.50. The Hall–Kier alpha value is -0.870. The van der Waals surface area contributed by atoms with Crippen LogP contribution in [0.2, 0.25) is 0 Å². The van der Waals surface area contributed by atoms with Gasteiger partial charge in [0.05, 0.1) is 5.92 Å². The Balaban J connectivity index is 1.63. The van der Waals surface area contributed by atoms with Gasteiger partial charge in [-0.25, -0.2) is 0 Å². The third-order valence-corrected chi connectivity index (χ3v) is 4.24. The summed E-state index contributed by atoms with van der Waals surface area (Å²) < 4.78 is 0. The van der Waals surface area contributed by atoms with Crippen LogP contribution in [0.4, 0.5) is 0 Å². The Morgan fingerprint density at radius 1 is 1.41 bits per heavy atom. The standard InChI is InChI=1S/C13H19NO2S/c15-13(16)11-1-3-12(4-2-11)14-7-5-10-6-8-17-9-10/h6,8-9,11-12,14H,1-5,7H2,(H,15,16). The van der Waals surface area contributed by atoms with Crippen molar-refractivity contribution in [3.8, 4) is 0 Å². The summed E-state index contributed by atoms with van der Waals surface area (Å²) >= 11 is 1.74. The smallest absolute Gasteiger partial charge is 0.306 e. The fourth-order valence-electron chi connectivity index (χ4n) is 2.40. The normalized spacial score (nSPS) is 24.7. The summed E-state index contributed by atoms with van der Waals surface area (Å²) in [5.74, 6) is -0.730. The lowest BCUT2D eigenvalue weighted by molar-refractivity contribution is -0.142. The highest BCUT2D eigenvalue weighted by Crippen LogP contribution is 2.24. The van der Waals surface area contributed by atoms with Crippen molar-refractivity contribution in [2.45, 2.75) is 38.1 Å². The first-order valence-corrected chi connectivity index (χ1v) is 7.17. The molecule has 0 spiro atoms. The minimum absolute atomic E-state index is 0.107. The Kier molecular flexibility index (Phi) is 4.57. The third kappa shape index (κ3) is 3.82. The first-order chi connectivity index (χ1) is 8.25. The molecule has 94 valence electrons. The minimum atomic E-state index is -0.623. The highest BCUT2D eigenvalue weighted by molar-refractivity contribution is 7.07. The van der Waals surface area contributed by atoms with E-state index in [4.69, 9.17) is 5.11 Å². The number of carboxylic acids is 1. The fourth-order valence-corrected chi connectivity index (χ4v) is 3.10. The van der Waals surface area contributed by atoms with Crippen LogP contribution in [-0.2, 0) is 11.2 Å². The molecular weight excluding hydrogens is 234 g/mol. The molecule has 1 aliphatic rings. The average Bonchev–Trinajstić information content (AvgIpc) is 2.83. The minimum Gasteiger partial charge on any atom is -0.481 e. The maximum Gasteiger partial charge on any atom is 0.306 e. The number of hydrogen-bond acceptors (Lipinski definition) is 3. The predicted molar refractivity (Wildman–Crippen MR) is 69.4 cm³/mol. The van der Waals surface area contributed by atoms with Gasteiger partial charge in [-0.05, 0) is 61.0 Å². The van der Waals surface area contributed by atoms with Gasteiger partial charge in [0.25, 0.3) is 0 Å². The van der Waals surface area contributed by atoms with E-state index in [1.807, 2.05) is 0 Å². The molecule has 0 amide bonds. The first-order valence-electron chi connectivity index (χ1n) is 6.23. The summed E-state index contributed by atoms with van der Waals surface area (Å²) in [6.07, 6.45) is 4.72. The molecule has 2 N–H and O–H groups in total. The Morgan fingerprint density at radius 2 is 2.18 bits per heavy atom. The largest absolute Gasteiger partial charge is 0.481 e. The highest BCUT2D eigenvalue weighted by atomic mass is 32.1. The van der Waals surface area contributed by atoms with Gasteiger partial charge in [-0.2, -0.15) is 11.3 Å². The molecule has 2 rings (SSSR count). The van der Waals surface area contributed by atoms with Gasteiger partial charge in [0.1, 0.15) is 0 Å². The van der Waals surface area contributed by atoms with E-state index in [0.29, 0.717) is 6.04 Å². The molecule has 1 aromatic rings. The van der Waals surface area contributed by atoms with Crippen LogP contribution < -0.4 is 5.32 Å². The topological polar surface area (TPSA) is 49.3 Å². The number of nitrogens with one attached hydrogen (secondary N) is 1. The van der Waals surface area contributed by atoms with Crippen LogP contribution in [0.25, 0.3) is 0 Å². The lowest BCUT2D eigenvalue weighted by Crippen LogP contribution is -2.35. The van der Waals surface area contributed by atoms with Crippen LogP contribution in [0.1, 0.15) is 31.2 Å². The van der Waals surface area contributed by atoms with Crippen LogP contribution in [-0.4, -0.2) is 23.7 Å². The Bertz CT molecular complexity index is 342. The van der Waals surface area contributed by atoms with E-state index in [9.17, 15) is 4.79 Å². The molecular formula is C13H19NO2S. The van der Waals surface area contributed by atoms with Crippen LogP contribution >= 0.6 is 11.3 Å². The van der Waals surface area contributed by atoms with Gasteiger partial charge in [0.15, 0.2) is 0 Å². The van der Waals surface area contributed by atoms with Crippen molar-refractivity contribution in [2.24, 2.45) is 5.92 Å². The summed E-state index contributed by atoms with van der Waals surface area (Å²) in [4.78, 5) is 10.8. The number of carboxylic acid groups (broad SMARTS) is 1. The van der Waals surface area contributed by atoms with E-state index in [0.717, 1.165) is 38.6 Å². The molecule has 0 atom stereocenters. The van der Waals surface area contributed by atoms with Crippen molar-refractivity contribution < 1.29 is 9.90 Å². The molecule has 17 heavy (non-hydrogen) atoms. The molecule has 1 fully saturated rings. The number of carbonyl (C=O) groups is 1. The number of hydrogen-bond donors (Lipinski definition) is 2. The van der Waals surface area contributed by atoms with E-state index in [-0.39, 0.29) is 5.92 Å². The summed E-state index contributed by atoms with van der Waals surface area (Å²) in [6, 6.07) is 2.68. The SMILES string of the molecule is O=C(O)C1CCC(NCCc2ccsc2)CC1. The van der Waals surface area contributed by atoms with Gasteiger partial charge < -0.3 is 10.4 Å². The molecule has 3 nitrogen and oxygen atoms in total. The summed E-state index contributed by atoms with van der Waals surface area (Å²) in [5, 5.41) is 16.7. The third-order valence-electron chi connectivity index (χ3n) is 3.50. The van der Waals surface area contributed by atoms with Gasteiger partial charge in [0, 0.05) is 6.04 Å². The van der Waals surface area contributed by atoms with Crippen molar-refractivity contribution in [1.29, 1.82) is 0 Å². The van der Waals surface area contributed by atoms with Crippen LogP contribution in [0, 0.1) is 5.92 Å². The summed E-state index contributed by atoms with van der Waals surface area (Å²) in [6.45, 7) is 0.999. The zero-order valence-corrected chi connectivity index (χ0v) is 10.7.